The molecular formula is C24H37NO6. The molecule has 2 N–H and O–H groups in total. The Morgan fingerprint density at radius 3 is 2.39 bits per heavy atom. The Labute approximate surface area is 185 Å². The number of carbonyl (C=O) groups is 2. The number of hydrogen-bond donors (Lipinski definition) is 2. The second-order valence-corrected chi connectivity index (χ2v) is 8.22. The molecule has 1 aliphatic carbocycles. The van der Waals surface area contributed by atoms with E-state index in [1.807, 2.05) is 0 Å². The summed E-state index contributed by atoms with van der Waals surface area (Å²) in [6, 6.07) is 8.60. The molecule has 7 heteroatoms. The molecule has 0 amide bonds. The van der Waals surface area contributed by atoms with E-state index < -0.39 is 18.1 Å². The number of hydrogen-bond acceptors (Lipinski definition) is 6. The van der Waals surface area contributed by atoms with Crippen molar-refractivity contribution in [3.63, 3.8) is 0 Å². The Kier molecular flexibility index (Phi) is 10.6. The molecule has 0 radical (unpaired) electrons. The quantitative estimate of drug-likeness (QED) is 0.230. The lowest BCUT2D eigenvalue weighted by Crippen LogP contribution is -2.39. The van der Waals surface area contributed by atoms with Gasteiger partial charge in [-0.3, -0.25) is 0 Å². The molecular weight excluding hydrogens is 398 g/mol. The number of nitrogens with one attached hydrogen (secondary N) is 1. The molecule has 2 rings (SSSR count). The van der Waals surface area contributed by atoms with Crippen LogP contribution in [0.3, 0.4) is 0 Å². The van der Waals surface area contributed by atoms with E-state index in [0.29, 0.717) is 19.4 Å². The summed E-state index contributed by atoms with van der Waals surface area (Å²) >= 11 is 0. The Hall–Kier alpha value is -2.28. The summed E-state index contributed by atoms with van der Waals surface area (Å²) in [5.41, 5.74) is 2.52. The highest BCUT2D eigenvalue weighted by Gasteiger charge is 2.47. The predicted molar refractivity (Wildman–Crippen MR) is 118 cm³/mol. The lowest BCUT2D eigenvalue weighted by atomic mass is 10.0. The Morgan fingerprint density at radius 2 is 1.71 bits per heavy atom. The van der Waals surface area contributed by atoms with E-state index in [1.54, 1.807) is 6.92 Å². The van der Waals surface area contributed by atoms with Crippen LogP contribution in [0.25, 0.3) is 0 Å². The monoisotopic (exact) mass is 435 g/mol. The van der Waals surface area contributed by atoms with Crippen LogP contribution in [0, 0.1) is 0 Å². The van der Waals surface area contributed by atoms with Crippen molar-refractivity contribution >= 4 is 12.3 Å². The van der Waals surface area contributed by atoms with Crippen molar-refractivity contribution in [1.29, 1.82) is 0 Å². The van der Waals surface area contributed by atoms with E-state index in [-0.39, 0.29) is 19.1 Å². The molecule has 1 fully saturated rings. The summed E-state index contributed by atoms with van der Waals surface area (Å²) in [6.07, 6.45) is 7.73. The van der Waals surface area contributed by atoms with Crippen molar-refractivity contribution < 1.29 is 28.9 Å². The molecule has 2 unspecified atom stereocenters. The summed E-state index contributed by atoms with van der Waals surface area (Å²) in [6.45, 7) is 4.70. The van der Waals surface area contributed by atoms with Crippen molar-refractivity contribution in [3.8, 4) is 0 Å². The van der Waals surface area contributed by atoms with Crippen molar-refractivity contribution in [2.45, 2.75) is 96.4 Å². The van der Waals surface area contributed by atoms with E-state index in [9.17, 15) is 9.59 Å². The van der Waals surface area contributed by atoms with Gasteiger partial charge in [-0.05, 0) is 37.3 Å². The van der Waals surface area contributed by atoms with E-state index >= 15 is 0 Å². The number of aryl methyl sites for hydroxylation is 1. The van der Waals surface area contributed by atoms with Crippen LogP contribution in [0.2, 0.25) is 0 Å². The maximum atomic E-state index is 11.7. The van der Waals surface area contributed by atoms with Crippen LogP contribution in [0.1, 0.15) is 82.8 Å². The number of unbranched alkanes of at least 4 members (excludes halogenated alkanes) is 5. The third-order valence-electron chi connectivity index (χ3n) is 5.67. The second-order valence-electron chi connectivity index (χ2n) is 8.22. The molecule has 0 saturated heterocycles. The highest BCUT2D eigenvalue weighted by Crippen LogP contribution is 2.35. The lowest BCUT2D eigenvalue weighted by Gasteiger charge is -2.27. The van der Waals surface area contributed by atoms with E-state index in [2.05, 4.69) is 36.5 Å². The molecule has 0 aromatic heterocycles. The van der Waals surface area contributed by atoms with Gasteiger partial charge >= 0.3 is 12.3 Å². The molecule has 7 nitrogen and oxygen atoms in total. The van der Waals surface area contributed by atoms with Gasteiger partial charge in [0.15, 0.2) is 0 Å². The van der Waals surface area contributed by atoms with Gasteiger partial charge in [-0.2, -0.15) is 0 Å². The molecule has 2 atom stereocenters. The molecule has 0 bridgehead atoms. The van der Waals surface area contributed by atoms with Gasteiger partial charge in [-0.25, -0.2) is 9.59 Å². The fourth-order valence-electron chi connectivity index (χ4n) is 4.01. The van der Waals surface area contributed by atoms with Crippen molar-refractivity contribution in [2.24, 2.45) is 0 Å². The largest absolute Gasteiger partial charge is 0.511 e. The van der Waals surface area contributed by atoms with Crippen LogP contribution in [-0.2, 0) is 27.2 Å². The highest BCUT2D eigenvalue weighted by molar-refractivity contribution is 5.62. The van der Waals surface area contributed by atoms with Crippen LogP contribution in [0.4, 0.5) is 9.59 Å². The van der Waals surface area contributed by atoms with Crippen molar-refractivity contribution in [3.05, 3.63) is 35.4 Å². The highest BCUT2D eigenvalue weighted by atomic mass is 16.8. The maximum absolute atomic E-state index is 11.7. The zero-order chi connectivity index (χ0) is 22.5. The van der Waals surface area contributed by atoms with Gasteiger partial charge in [0.2, 0.25) is 0 Å². The first-order valence-corrected chi connectivity index (χ1v) is 11.5. The van der Waals surface area contributed by atoms with Gasteiger partial charge in [0.05, 0.1) is 6.61 Å². The van der Waals surface area contributed by atoms with Crippen LogP contribution in [0.15, 0.2) is 24.3 Å². The average Bonchev–Trinajstić information content (AvgIpc) is 3.11. The summed E-state index contributed by atoms with van der Waals surface area (Å²) in [4.78, 5) is 22.8. The number of ether oxygens (including phenoxy) is 3. The first kappa shape index (κ1) is 25.0. The van der Waals surface area contributed by atoms with E-state index in [4.69, 9.17) is 19.3 Å². The van der Waals surface area contributed by atoms with Crippen LogP contribution in [-0.4, -0.2) is 35.9 Å². The molecule has 1 saturated carbocycles. The molecule has 31 heavy (non-hydrogen) atoms. The minimum Gasteiger partial charge on any atom is -0.450 e. The van der Waals surface area contributed by atoms with Gasteiger partial charge in [0.1, 0.15) is 0 Å². The third kappa shape index (κ3) is 9.17. The normalized spacial score (nSPS) is 20.4. The minimum atomic E-state index is -1.49. The third-order valence-corrected chi connectivity index (χ3v) is 5.67. The summed E-state index contributed by atoms with van der Waals surface area (Å²) < 4.78 is 14.9. The van der Waals surface area contributed by atoms with E-state index in [1.165, 1.54) is 44.1 Å². The smallest absolute Gasteiger partial charge is 0.450 e. The number of carboxylic acid groups (broad SMARTS) is 1. The summed E-state index contributed by atoms with van der Waals surface area (Å²) in [7, 11) is 0. The standard InChI is InChI=1S/C24H37NO6/c1-3-5-6-7-8-9-10-19-11-13-20(14-12-19)18-25-21-15-16-24(17-21,30-22(26)27)31-23(28)29-4-2/h11-14,21,25H,3-10,15-18H2,1-2H3,(H,26,27). The van der Waals surface area contributed by atoms with Gasteiger partial charge < -0.3 is 24.6 Å². The fraction of sp³-hybridized carbons (Fsp3) is 0.667. The molecule has 0 aliphatic heterocycles. The zero-order valence-corrected chi connectivity index (χ0v) is 18.9. The molecule has 1 aliphatic rings. The predicted octanol–water partition coefficient (Wildman–Crippen LogP) is 5.80. The zero-order valence-electron chi connectivity index (χ0n) is 18.9. The van der Waals surface area contributed by atoms with Crippen LogP contribution in [0.5, 0.6) is 0 Å². The van der Waals surface area contributed by atoms with Crippen LogP contribution < -0.4 is 5.32 Å². The van der Waals surface area contributed by atoms with Gasteiger partial charge in [-0.15, -0.1) is 0 Å². The van der Waals surface area contributed by atoms with Gasteiger partial charge in [-0.1, -0.05) is 63.3 Å². The van der Waals surface area contributed by atoms with Crippen molar-refractivity contribution in [1.82, 2.24) is 5.32 Å². The first-order valence-electron chi connectivity index (χ1n) is 11.5. The maximum Gasteiger partial charge on any atom is 0.511 e. The molecule has 1 aromatic carbocycles. The van der Waals surface area contributed by atoms with Gasteiger partial charge in [0.25, 0.3) is 5.79 Å². The first-order chi connectivity index (χ1) is 15.0. The summed E-state index contributed by atoms with van der Waals surface area (Å²) in [5, 5.41) is 12.5. The molecule has 0 spiro atoms. The number of rotatable bonds is 13. The van der Waals surface area contributed by atoms with Crippen molar-refractivity contribution in [2.75, 3.05) is 6.61 Å². The second kappa shape index (κ2) is 13.2. The molecule has 0 heterocycles. The topological polar surface area (TPSA) is 94.1 Å². The minimum absolute atomic E-state index is 0.0171. The van der Waals surface area contributed by atoms with Gasteiger partial charge in [0, 0.05) is 25.4 Å². The lowest BCUT2D eigenvalue weighted by molar-refractivity contribution is -0.181. The average molecular weight is 436 g/mol. The Morgan fingerprint density at radius 1 is 1.03 bits per heavy atom. The van der Waals surface area contributed by atoms with Crippen LogP contribution >= 0.6 is 0 Å². The SMILES string of the molecule is CCCCCCCCc1ccc(CNC2CCC(OC(=O)O)(OC(=O)OCC)C2)cc1. The fourth-order valence-corrected chi connectivity index (χ4v) is 4.01. The number of benzene rings is 1. The summed E-state index contributed by atoms with van der Waals surface area (Å²) in [5.74, 6) is -1.49. The number of carbonyl (C=O) groups excluding carboxylic acids is 1. The molecule has 174 valence electrons. The molecule has 1 aromatic rings. The Bertz CT molecular complexity index is 677. The Balaban J connectivity index is 1.77. The van der Waals surface area contributed by atoms with E-state index in [0.717, 1.165) is 12.0 Å².